The number of carboxylic acids is 1. The third-order valence-corrected chi connectivity index (χ3v) is 5.09. The molecule has 1 aromatic rings. The molecule has 3 amide bonds. The average molecular weight is 492 g/mol. The highest BCUT2D eigenvalue weighted by Gasteiger charge is 2.30. The molecule has 0 fully saturated rings. The summed E-state index contributed by atoms with van der Waals surface area (Å²) < 4.78 is 5.28. The van der Waals surface area contributed by atoms with Gasteiger partial charge in [-0.2, -0.15) is 0 Å². The highest BCUT2D eigenvalue weighted by molar-refractivity contribution is 5.92. The average Bonchev–Trinajstić information content (AvgIpc) is 2.74. The van der Waals surface area contributed by atoms with E-state index in [2.05, 4.69) is 16.0 Å². The summed E-state index contributed by atoms with van der Waals surface area (Å²) in [5, 5.41) is 17.5. The summed E-state index contributed by atoms with van der Waals surface area (Å²) in [6.45, 7) is 11.0. The number of carbonyl (C=O) groups excluding carboxylic acids is 3. The quantitative estimate of drug-likeness (QED) is 0.334. The van der Waals surface area contributed by atoms with Crippen LogP contribution in [-0.4, -0.2) is 52.7 Å². The number of amides is 3. The highest BCUT2D eigenvalue weighted by Crippen LogP contribution is 2.11. The van der Waals surface area contributed by atoms with Crippen LogP contribution in [0.15, 0.2) is 30.3 Å². The van der Waals surface area contributed by atoms with Crippen LogP contribution in [-0.2, 0) is 25.5 Å². The van der Waals surface area contributed by atoms with Crippen LogP contribution in [0.3, 0.4) is 0 Å². The first-order valence-electron chi connectivity index (χ1n) is 12.2. The topological polar surface area (TPSA) is 134 Å². The van der Waals surface area contributed by atoms with Crippen LogP contribution in [0.1, 0.15) is 72.8 Å². The Bertz CT molecular complexity index is 835. The van der Waals surface area contributed by atoms with Crippen molar-refractivity contribution in [2.75, 3.05) is 0 Å². The molecular formula is C26H41N3O6. The maximum Gasteiger partial charge on any atom is 0.408 e. The van der Waals surface area contributed by atoms with Gasteiger partial charge in [-0.05, 0) is 45.1 Å². The fourth-order valence-electron chi connectivity index (χ4n) is 3.42. The number of unbranched alkanes of at least 4 members (excludes halogenated alkanes) is 1. The van der Waals surface area contributed by atoms with Crippen molar-refractivity contribution in [1.82, 2.24) is 16.0 Å². The van der Waals surface area contributed by atoms with Crippen molar-refractivity contribution < 1.29 is 29.0 Å². The van der Waals surface area contributed by atoms with Gasteiger partial charge in [0, 0.05) is 6.42 Å². The van der Waals surface area contributed by atoms with Gasteiger partial charge < -0.3 is 25.8 Å². The highest BCUT2D eigenvalue weighted by atomic mass is 16.6. The molecule has 1 aromatic carbocycles. The second kappa shape index (κ2) is 14.3. The minimum atomic E-state index is -1.16. The van der Waals surface area contributed by atoms with Crippen LogP contribution in [0.5, 0.6) is 0 Å². The zero-order valence-corrected chi connectivity index (χ0v) is 21.7. The molecular weight excluding hydrogens is 450 g/mol. The van der Waals surface area contributed by atoms with Crippen molar-refractivity contribution in [3.8, 4) is 0 Å². The molecule has 0 heterocycles. The lowest BCUT2D eigenvalue weighted by Gasteiger charge is -2.26. The molecule has 9 nitrogen and oxygen atoms in total. The number of benzene rings is 1. The van der Waals surface area contributed by atoms with Crippen molar-refractivity contribution in [2.24, 2.45) is 5.92 Å². The van der Waals surface area contributed by atoms with Gasteiger partial charge in [-0.25, -0.2) is 9.59 Å². The number of alkyl carbamates (subject to hydrolysis) is 1. The van der Waals surface area contributed by atoms with Gasteiger partial charge >= 0.3 is 12.1 Å². The molecule has 4 N–H and O–H groups in total. The molecule has 0 saturated heterocycles. The predicted octanol–water partition coefficient (Wildman–Crippen LogP) is 3.41. The molecule has 196 valence electrons. The second-order valence-corrected chi connectivity index (χ2v) is 10.1. The Morgan fingerprint density at radius 3 is 2.00 bits per heavy atom. The zero-order valence-electron chi connectivity index (χ0n) is 21.7. The van der Waals surface area contributed by atoms with Gasteiger partial charge in [0.15, 0.2) is 0 Å². The largest absolute Gasteiger partial charge is 0.480 e. The maximum absolute atomic E-state index is 13.1. The van der Waals surface area contributed by atoms with E-state index in [0.29, 0.717) is 19.3 Å². The van der Waals surface area contributed by atoms with E-state index in [1.54, 1.807) is 45.0 Å². The first-order valence-corrected chi connectivity index (χ1v) is 12.2. The van der Waals surface area contributed by atoms with E-state index in [1.165, 1.54) is 0 Å². The van der Waals surface area contributed by atoms with E-state index in [9.17, 15) is 24.3 Å². The summed E-state index contributed by atoms with van der Waals surface area (Å²) in [6.07, 6.45) is 1.59. The Hall–Kier alpha value is -3.10. The third kappa shape index (κ3) is 12.2. The van der Waals surface area contributed by atoms with Gasteiger partial charge in [-0.1, -0.05) is 63.9 Å². The molecule has 0 radical (unpaired) electrons. The smallest absolute Gasteiger partial charge is 0.408 e. The molecule has 0 unspecified atom stereocenters. The van der Waals surface area contributed by atoms with Crippen molar-refractivity contribution in [1.29, 1.82) is 0 Å². The van der Waals surface area contributed by atoms with Crippen LogP contribution >= 0.6 is 0 Å². The molecule has 0 aromatic heterocycles. The van der Waals surface area contributed by atoms with Gasteiger partial charge in [0.05, 0.1) is 0 Å². The lowest BCUT2D eigenvalue weighted by molar-refractivity contribution is -0.142. The van der Waals surface area contributed by atoms with Crippen molar-refractivity contribution >= 4 is 23.9 Å². The van der Waals surface area contributed by atoms with Crippen molar-refractivity contribution in [2.45, 2.75) is 97.4 Å². The lowest BCUT2D eigenvalue weighted by Crippen LogP contribution is -2.56. The second-order valence-electron chi connectivity index (χ2n) is 10.1. The van der Waals surface area contributed by atoms with Crippen LogP contribution < -0.4 is 16.0 Å². The monoisotopic (exact) mass is 491 g/mol. The van der Waals surface area contributed by atoms with Gasteiger partial charge in [-0.3, -0.25) is 9.59 Å². The standard InChI is InChI=1S/C26H41N3O6/c1-7-8-14-19(29-25(34)35-26(4,5)6)22(30)27-20(15-17(2)3)23(31)28-21(24(32)33)16-18-12-10-9-11-13-18/h9-13,17,19-21H,7-8,14-16H2,1-6H3,(H,27,30)(H,28,31)(H,29,34)(H,32,33)/t19-,20-,21-/m0/s1. The molecule has 1 rings (SSSR count). The van der Waals surface area contributed by atoms with Crippen molar-refractivity contribution in [3.63, 3.8) is 0 Å². The molecule has 0 aliphatic rings. The lowest BCUT2D eigenvalue weighted by atomic mass is 10.0. The van der Waals surface area contributed by atoms with E-state index >= 15 is 0 Å². The number of hydrogen-bond donors (Lipinski definition) is 4. The fourth-order valence-corrected chi connectivity index (χ4v) is 3.42. The molecule has 3 atom stereocenters. The van der Waals surface area contributed by atoms with E-state index in [-0.39, 0.29) is 12.3 Å². The Labute approximate surface area is 208 Å². The SMILES string of the molecule is CCCC[C@H](NC(=O)OC(C)(C)C)C(=O)N[C@@H](CC(C)C)C(=O)N[C@@H](Cc1ccccc1)C(=O)O. The molecule has 9 heteroatoms. The van der Waals surface area contributed by atoms with Gasteiger partial charge in [-0.15, -0.1) is 0 Å². The Morgan fingerprint density at radius 1 is 0.914 bits per heavy atom. The number of aliphatic carboxylic acids is 1. The number of rotatable bonds is 13. The van der Waals surface area contributed by atoms with Gasteiger partial charge in [0.2, 0.25) is 11.8 Å². The molecule has 35 heavy (non-hydrogen) atoms. The normalized spacial score (nSPS) is 13.9. The minimum absolute atomic E-state index is 0.0522. The number of nitrogens with one attached hydrogen (secondary N) is 3. The van der Waals surface area contributed by atoms with Crippen LogP contribution in [0.25, 0.3) is 0 Å². The zero-order chi connectivity index (χ0) is 26.6. The summed E-state index contributed by atoms with van der Waals surface area (Å²) >= 11 is 0. The number of carboxylic acid groups (broad SMARTS) is 1. The number of carbonyl (C=O) groups is 4. The molecule has 0 spiro atoms. The molecule has 0 aliphatic heterocycles. The van der Waals surface area contributed by atoms with Crippen LogP contribution in [0.4, 0.5) is 4.79 Å². The summed E-state index contributed by atoms with van der Waals surface area (Å²) in [4.78, 5) is 50.2. The van der Waals surface area contributed by atoms with Crippen LogP contribution in [0.2, 0.25) is 0 Å². The molecule has 0 bridgehead atoms. The van der Waals surface area contributed by atoms with E-state index in [0.717, 1.165) is 12.0 Å². The summed E-state index contributed by atoms with van der Waals surface area (Å²) in [7, 11) is 0. The van der Waals surface area contributed by atoms with E-state index in [4.69, 9.17) is 4.74 Å². The summed E-state index contributed by atoms with van der Waals surface area (Å²) in [5.74, 6) is -2.21. The van der Waals surface area contributed by atoms with E-state index in [1.807, 2.05) is 26.8 Å². The maximum atomic E-state index is 13.1. The Kier molecular flexibility index (Phi) is 12.3. The van der Waals surface area contributed by atoms with E-state index < -0.39 is 47.6 Å². The first-order chi connectivity index (χ1) is 16.3. The van der Waals surface area contributed by atoms with Gasteiger partial charge in [0.1, 0.15) is 23.7 Å². The molecule has 0 saturated carbocycles. The third-order valence-electron chi connectivity index (χ3n) is 5.09. The molecule has 0 aliphatic carbocycles. The fraction of sp³-hybridized carbons (Fsp3) is 0.615. The van der Waals surface area contributed by atoms with Gasteiger partial charge in [0.25, 0.3) is 0 Å². The number of ether oxygens (including phenoxy) is 1. The Morgan fingerprint density at radius 2 is 1.49 bits per heavy atom. The minimum Gasteiger partial charge on any atom is -0.480 e. The number of hydrogen-bond acceptors (Lipinski definition) is 5. The first kappa shape index (κ1) is 29.9. The predicted molar refractivity (Wildman–Crippen MR) is 134 cm³/mol. The Balaban J connectivity index is 2.96. The van der Waals surface area contributed by atoms with Crippen molar-refractivity contribution in [3.05, 3.63) is 35.9 Å². The van der Waals surface area contributed by atoms with Crippen LogP contribution in [0, 0.1) is 5.92 Å². The summed E-state index contributed by atoms with van der Waals surface area (Å²) in [6, 6.07) is 6.01. The summed E-state index contributed by atoms with van der Waals surface area (Å²) in [5.41, 5.74) is 0.0476.